The predicted octanol–water partition coefficient (Wildman–Crippen LogP) is 3.17. The smallest absolute Gasteiger partial charge is 0.278 e. The van der Waals surface area contributed by atoms with Crippen LogP contribution in [0.2, 0.25) is 5.02 Å². The van der Waals surface area contributed by atoms with Gasteiger partial charge in [0.15, 0.2) is 5.69 Å². The topological polar surface area (TPSA) is 58.4 Å². The summed E-state index contributed by atoms with van der Waals surface area (Å²) in [6.07, 6.45) is 0. The SMILES string of the molecule is CCn1nc(C(=O)N2CCN(c3ccccc3F)CC2)c(=O)c2cc(Cl)ccc21. The number of fused-ring (bicyclic) bond motifs is 1. The Morgan fingerprint density at radius 1 is 1.14 bits per heavy atom. The lowest BCUT2D eigenvalue weighted by molar-refractivity contribution is 0.0737. The van der Waals surface area contributed by atoms with E-state index in [4.69, 9.17) is 11.6 Å². The number of piperazine rings is 1. The van der Waals surface area contributed by atoms with Gasteiger partial charge in [-0.25, -0.2) is 4.39 Å². The van der Waals surface area contributed by atoms with Gasteiger partial charge in [-0.3, -0.25) is 14.3 Å². The molecule has 1 amide bonds. The molecule has 1 aliphatic heterocycles. The molecule has 4 rings (SSSR count). The van der Waals surface area contributed by atoms with E-state index in [0.29, 0.717) is 54.3 Å². The number of para-hydroxylation sites is 1. The number of carbonyl (C=O) groups is 1. The quantitative estimate of drug-likeness (QED) is 0.660. The lowest BCUT2D eigenvalue weighted by Gasteiger charge is -2.36. The summed E-state index contributed by atoms with van der Waals surface area (Å²) >= 11 is 6.05. The second-order valence-electron chi connectivity index (χ2n) is 6.89. The average Bonchev–Trinajstić information content (AvgIpc) is 2.74. The van der Waals surface area contributed by atoms with Crippen LogP contribution in [0.1, 0.15) is 17.4 Å². The Balaban J connectivity index is 1.61. The fourth-order valence-electron chi connectivity index (χ4n) is 3.65. The van der Waals surface area contributed by atoms with Crippen molar-refractivity contribution in [3.63, 3.8) is 0 Å². The average molecular weight is 415 g/mol. The van der Waals surface area contributed by atoms with Crippen molar-refractivity contribution in [1.82, 2.24) is 14.7 Å². The molecule has 0 spiro atoms. The molecule has 6 nitrogen and oxygen atoms in total. The number of halogens is 2. The van der Waals surface area contributed by atoms with Gasteiger partial charge in [0.05, 0.1) is 16.6 Å². The molecule has 0 bridgehead atoms. The molecule has 2 heterocycles. The molecule has 150 valence electrons. The Kier molecular flexibility index (Phi) is 5.24. The summed E-state index contributed by atoms with van der Waals surface area (Å²) in [5, 5.41) is 5.12. The minimum Gasteiger partial charge on any atom is -0.366 e. The van der Waals surface area contributed by atoms with Crippen LogP contribution in [-0.2, 0) is 6.54 Å². The zero-order valence-corrected chi connectivity index (χ0v) is 16.7. The first kappa shape index (κ1) is 19.4. The minimum atomic E-state index is -0.422. The van der Waals surface area contributed by atoms with Crippen molar-refractivity contribution in [1.29, 1.82) is 0 Å². The summed E-state index contributed by atoms with van der Waals surface area (Å²) in [5.41, 5.74) is 0.629. The summed E-state index contributed by atoms with van der Waals surface area (Å²) in [4.78, 5) is 29.5. The zero-order valence-electron chi connectivity index (χ0n) is 15.9. The van der Waals surface area contributed by atoms with Crippen LogP contribution in [0.15, 0.2) is 47.3 Å². The monoisotopic (exact) mass is 414 g/mol. The Hall–Kier alpha value is -2.93. The first-order chi connectivity index (χ1) is 14.0. The number of carbonyl (C=O) groups excluding carboxylic acids is 1. The molecule has 0 unspecified atom stereocenters. The molecule has 1 fully saturated rings. The molecule has 2 aromatic carbocycles. The van der Waals surface area contributed by atoms with Crippen molar-refractivity contribution >= 4 is 34.1 Å². The molecule has 0 atom stereocenters. The number of anilines is 1. The lowest BCUT2D eigenvalue weighted by Crippen LogP contribution is -2.50. The van der Waals surface area contributed by atoms with E-state index in [9.17, 15) is 14.0 Å². The van der Waals surface area contributed by atoms with Crippen LogP contribution in [0.5, 0.6) is 0 Å². The van der Waals surface area contributed by atoms with Gasteiger partial charge in [-0.1, -0.05) is 23.7 Å². The highest BCUT2D eigenvalue weighted by Gasteiger charge is 2.27. The zero-order chi connectivity index (χ0) is 20.5. The number of nitrogens with zero attached hydrogens (tertiary/aromatic N) is 4. The van der Waals surface area contributed by atoms with Crippen LogP contribution in [0, 0.1) is 5.82 Å². The second-order valence-corrected chi connectivity index (χ2v) is 7.32. The van der Waals surface area contributed by atoms with Crippen LogP contribution in [0.4, 0.5) is 10.1 Å². The lowest BCUT2D eigenvalue weighted by atomic mass is 10.1. The summed E-state index contributed by atoms with van der Waals surface area (Å²) in [7, 11) is 0. The highest BCUT2D eigenvalue weighted by Crippen LogP contribution is 2.21. The maximum Gasteiger partial charge on any atom is 0.278 e. The van der Waals surface area contributed by atoms with Crippen molar-refractivity contribution in [2.24, 2.45) is 0 Å². The Bertz CT molecular complexity index is 1140. The van der Waals surface area contributed by atoms with Crippen LogP contribution in [0.3, 0.4) is 0 Å². The molecule has 8 heteroatoms. The Morgan fingerprint density at radius 2 is 1.86 bits per heavy atom. The molecule has 1 aromatic heterocycles. The van der Waals surface area contributed by atoms with Crippen molar-refractivity contribution in [2.75, 3.05) is 31.1 Å². The van der Waals surface area contributed by atoms with E-state index in [-0.39, 0.29) is 11.5 Å². The molecule has 3 aromatic rings. The summed E-state index contributed by atoms with van der Waals surface area (Å²) in [6.45, 7) is 4.14. The molecular weight excluding hydrogens is 395 g/mol. The third-order valence-corrected chi connectivity index (χ3v) is 5.41. The number of hydrogen-bond acceptors (Lipinski definition) is 4. The highest BCUT2D eigenvalue weighted by atomic mass is 35.5. The first-order valence-electron chi connectivity index (χ1n) is 9.48. The van der Waals surface area contributed by atoms with Crippen molar-refractivity contribution < 1.29 is 9.18 Å². The van der Waals surface area contributed by atoms with Gasteiger partial charge in [-0.05, 0) is 37.3 Å². The van der Waals surface area contributed by atoms with Gasteiger partial charge in [0.1, 0.15) is 5.82 Å². The predicted molar refractivity (Wildman–Crippen MR) is 111 cm³/mol. The van der Waals surface area contributed by atoms with E-state index < -0.39 is 11.3 Å². The summed E-state index contributed by atoms with van der Waals surface area (Å²) < 4.78 is 15.7. The van der Waals surface area contributed by atoms with E-state index in [1.165, 1.54) is 6.07 Å². The van der Waals surface area contributed by atoms with E-state index in [1.807, 2.05) is 11.8 Å². The maximum atomic E-state index is 14.0. The van der Waals surface area contributed by atoms with Gasteiger partial charge in [0, 0.05) is 37.7 Å². The number of rotatable bonds is 3. The minimum absolute atomic E-state index is 0.110. The van der Waals surface area contributed by atoms with Gasteiger partial charge < -0.3 is 9.80 Å². The third kappa shape index (κ3) is 3.58. The molecule has 0 saturated carbocycles. The van der Waals surface area contributed by atoms with Gasteiger partial charge in [0.2, 0.25) is 5.43 Å². The normalized spacial score (nSPS) is 14.4. The van der Waals surface area contributed by atoms with Gasteiger partial charge in [-0.15, -0.1) is 0 Å². The van der Waals surface area contributed by atoms with E-state index in [1.54, 1.807) is 46.0 Å². The number of hydrogen-bond donors (Lipinski definition) is 0. The van der Waals surface area contributed by atoms with Crippen LogP contribution in [0.25, 0.3) is 10.9 Å². The Morgan fingerprint density at radius 3 is 2.55 bits per heavy atom. The summed E-state index contributed by atoms with van der Waals surface area (Å²) in [6, 6.07) is 11.6. The largest absolute Gasteiger partial charge is 0.366 e. The van der Waals surface area contributed by atoms with Crippen LogP contribution in [-0.4, -0.2) is 46.8 Å². The molecule has 0 radical (unpaired) electrons. The molecule has 1 aliphatic rings. The standard InChI is InChI=1S/C21H20ClFN4O2/c1-2-27-17-8-7-14(22)13-15(17)20(28)19(24-27)21(29)26-11-9-25(10-12-26)18-6-4-3-5-16(18)23/h3-8,13H,2,9-12H2,1H3. The van der Waals surface area contributed by atoms with Gasteiger partial charge in [0.25, 0.3) is 5.91 Å². The number of benzene rings is 2. The van der Waals surface area contributed by atoms with E-state index >= 15 is 0 Å². The maximum absolute atomic E-state index is 14.0. The van der Waals surface area contributed by atoms with Crippen molar-refractivity contribution in [3.05, 3.63) is 69.2 Å². The van der Waals surface area contributed by atoms with E-state index in [2.05, 4.69) is 5.10 Å². The molecule has 0 aliphatic carbocycles. The molecule has 1 saturated heterocycles. The molecule has 29 heavy (non-hydrogen) atoms. The fraction of sp³-hybridized carbons (Fsp3) is 0.286. The Labute approximate surface area is 172 Å². The molecular formula is C21H20ClFN4O2. The van der Waals surface area contributed by atoms with Gasteiger partial charge >= 0.3 is 0 Å². The number of aryl methyl sites for hydroxylation is 1. The van der Waals surface area contributed by atoms with Crippen molar-refractivity contribution in [3.8, 4) is 0 Å². The fourth-order valence-corrected chi connectivity index (χ4v) is 3.82. The third-order valence-electron chi connectivity index (χ3n) is 5.18. The van der Waals surface area contributed by atoms with Gasteiger partial charge in [-0.2, -0.15) is 5.10 Å². The second kappa shape index (κ2) is 7.83. The number of aromatic nitrogens is 2. The highest BCUT2D eigenvalue weighted by molar-refractivity contribution is 6.31. The van der Waals surface area contributed by atoms with Crippen LogP contribution < -0.4 is 10.3 Å². The van der Waals surface area contributed by atoms with Crippen LogP contribution >= 0.6 is 11.6 Å². The number of amides is 1. The molecule has 0 N–H and O–H groups in total. The van der Waals surface area contributed by atoms with E-state index in [0.717, 1.165) is 0 Å². The van der Waals surface area contributed by atoms with Crippen molar-refractivity contribution in [2.45, 2.75) is 13.5 Å². The first-order valence-corrected chi connectivity index (χ1v) is 9.86. The summed E-state index contributed by atoms with van der Waals surface area (Å²) in [5.74, 6) is -0.696.